The number of ether oxygens (including phenoxy) is 3. The van der Waals surface area contributed by atoms with Crippen molar-refractivity contribution in [2.75, 3.05) is 32.2 Å². The van der Waals surface area contributed by atoms with Crippen LogP contribution in [0.2, 0.25) is 0 Å². The quantitative estimate of drug-likeness (QED) is 0.670. The molecule has 0 spiro atoms. The molecular weight excluding hydrogens is 294 g/mol. The summed E-state index contributed by atoms with van der Waals surface area (Å²) in [4.78, 5) is 12.6. The van der Waals surface area contributed by atoms with Crippen molar-refractivity contribution >= 4 is 11.6 Å². The maximum Gasteiger partial charge on any atom is 0.256 e. The predicted molar refractivity (Wildman–Crippen MR) is 91.9 cm³/mol. The third-order valence-electron chi connectivity index (χ3n) is 3.41. The van der Waals surface area contributed by atoms with Gasteiger partial charge in [-0.05, 0) is 50.5 Å². The molecule has 1 amide bonds. The van der Waals surface area contributed by atoms with Gasteiger partial charge in [-0.2, -0.15) is 0 Å². The molecular formula is C18H29NO4. The van der Waals surface area contributed by atoms with Crippen LogP contribution in [0, 0.1) is 5.92 Å². The number of carbonyl (C=O) groups excluding carboxylic acids is 1. The Morgan fingerprint density at radius 1 is 1.22 bits per heavy atom. The molecule has 0 aromatic heterocycles. The zero-order valence-electron chi connectivity index (χ0n) is 14.8. The number of anilines is 1. The van der Waals surface area contributed by atoms with E-state index in [0.29, 0.717) is 32.2 Å². The van der Waals surface area contributed by atoms with Crippen LogP contribution in [0.5, 0.6) is 5.75 Å². The molecule has 130 valence electrons. The smallest absolute Gasteiger partial charge is 0.256 e. The van der Waals surface area contributed by atoms with Crippen LogP contribution in [0.25, 0.3) is 0 Å². The van der Waals surface area contributed by atoms with E-state index in [4.69, 9.17) is 14.2 Å². The van der Waals surface area contributed by atoms with Crippen molar-refractivity contribution in [3.63, 3.8) is 0 Å². The molecule has 1 unspecified atom stereocenters. The third kappa shape index (κ3) is 6.59. The van der Waals surface area contributed by atoms with E-state index in [2.05, 4.69) is 19.2 Å². The van der Waals surface area contributed by atoms with Gasteiger partial charge in [-0.15, -0.1) is 0 Å². The number of hydrogen-bond donors (Lipinski definition) is 1. The van der Waals surface area contributed by atoms with Gasteiger partial charge in [0.1, 0.15) is 18.0 Å². The van der Waals surface area contributed by atoms with Crippen LogP contribution in [0.4, 0.5) is 5.69 Å². The van der Waals surface area contributed by atoms with Crippen LogP contribution in [0.15, 0.2) is 24.3 Å². The normalized spacial score (nSPS) is 13.7. The molecule has 0 saturated heterocycles. The first kappa shape index (κ1) is 19.5. The minimum Gasteiger partial charge on any atom is -0.491 e. The fraction of sp³-hybridized carbons (Fsp3) is 0.611. The topological polar surface area (TPSA) is 56.8 Å². The van der Waals surface area contributed by atoms with Crippen LogP contribution in [-0.2, 0) is 14.3 Å². The van der Waals surface area contributed by atoms with Gasteiger partial charge >= 0.3 is 0 Å². The summed E-state index contributed by atoms with van der Waals surface area (Å²) in [5, 5.41) is 2.92. The van der Waals surface area contributed by atoms with E-state index in [9.17, 15) is 4.79 Å². The Bertz CT molecular complexity index is 472. The predicted octanol–water partition coefficient (Wildman–Crippen LogP) is 3.49. The first-order chi connectivity index (χ1) is 10.9. The lowest BCUT2D eigenvalue weighted by Gasteiger charge is -2.29. The molecule has 1 aromatic rings. The van der Waals surface area contributed by atoms with Crippen LogP contribution in [0.1, 0.15) is 34.1 Å². The molecule has 0 aliphatic heterocycles. The molecule has 0 saturated carbocycles. The molecule has 1 rings (SSSR count). The number of rotatable bonds is 10. The van der Waals surface area contributed by atoms with Gasteiger partial charge in [-0.3, -0.25) is 4.79 Å². The van der Waals surface area contributed by atoms with E-state index in [1.165, 1.54) is 0 Å². The second-order valence-corrected chi connectivity index (χ2v) is 6.08. The first-order valence-electron chi connectivity index (χ1n) is 8.08. The number of benzene rings is 1. The SMILES string of the molecule is CCOC(C)(CC(C)C)C(=O)Nc1ccc(OCCOC)cc1. The summed E-state index contributed by atoms with van der Waals surface area (Å²) < 4.78 is 16.2. The largest absolute Gasteiger partial charge is 0.491 e. The van der Waals surface area contributed by atoms with Gasteiger partial charge in [0.2, 0.25) is 0 Å². The Labute approximate surface area is 139 Å². The summed E-state index contributed by atoms with van der Waals surface area (Å²) in [6.07, 6.45) is 0.672. The van der Waals surface area contributed by atoms with Crippen LogP contribution in [0.3, 0.4) is 0 Å². The number of carbonyl (C=O) groups is 1. The van der Waals surface area contributed by atoms with Gasteiger partial charge in [-0.1, -0.05) is 13.8 Å². The van der Waals surface area contributed by atoms with Crippen molar-refractivity contribution in [1.82, 2.24) is 0 Å². The van der Waals surface area contributed by atoms with Gasteiger partial charge in [0.15, 0.2) is 0 Å². The lowest BCUT2D eigenvalue weighted by molar-refractivity contribution is -0.140. The summed E-state index contributed by atoms with van der Waals surface area (Å²) in [7, 11) is 1.63. The highest BCUT2D eigenvalue weighted by atomic mass is 16.5. The Kier molecular flexibility index (Phi) is 8.06. The summed E-state index contributed by atoms with van der Waals surface area (Å²) >= 11 is 0. The highest BCUT2D eigenvalue weighted by Gasteiger charge is 2.34. The van der Waals surface area contributed by atoms with E-state index >= 15 is 0 Å². The molecule has 0 heterocycles. The number of hydrogen-bond acceptors (Lipinski definition) is 4. The number of amides is 1. The number of methoxy groups -OCH3 is 1. The van der Waals surface area contributed by atoms with Crippen LogP contribution in [-0.4, -0.2) is 38.4 Å². The summed E-state index contributed by atoms with van der Waals surface area (Å²) in [5.74, 6) is 0.991. The van der Waals surface area contributed by atoms with E-state index in [-0.39, 0.29) is 5.91 Å². The maximum absolute atomic E-state index is 12.6. The standard InChI is InChI=1S/C18H29NO4/c1-6-23-18(4,13-14(2)3)17(20)19-15-7-9-16(10-8-15)22-12-11-21-5/h7-10,14H,6,11-13H2,1-5H3,(H,19,20). The molecule has 5 heteroatoms. The minimum absolute atomic E-state index is 0.124. The van der Waals surface area contributed by atoms with Crippen molar-refractivity contribution in [3.8, 4) is 5.75 Å². The Hall–Kier alpha value is -1.59. The van der Waals surface area contributed by atoms with Crippen LogP contribution >= 0.6 is 0 Å². The lowest BCUT2D eigenvalue weighted by Crippen LogP contribution is -2.43. The first-order valence-corrected chi connectivity index (χ1v) is 8.08. The summed E-state index contributed by atoms with van der Waals surface area (Å²) in [5.41, 5.74) is -0.0971. The lowest BCUT2D eigenvalue weighted by atomic mass is 9.93. The molecule has 0 aliphatic carbocycles. The van der Waals surface area contributed by atoms with E-state index < -0.39 is 5.60 Å². The Morgan fingerprint density at radius 2 is 1.87 bits per heavy atom. The fourth-order valence-corrected chi connectivity index (χ4v) is 2.46. The van der Waals surface area contributed by atoms with Gasteiger partial charge < -0.3 is 19.5 Å². The fourth-order valence-electron chi connectivity index (χ4n) is 2.46. The van der Waals surface area contributed by atoms with Gasteiger partial charge in [0, 0.05) is 19.4 Å². The second kappa shape index (κ2) is 9.53. The van der Waals surface area contributed by atoms with Crippen molar-refractivity contribution in [3.05, 3.63) is 24.3 Å². The summed E-state index contributed by atoms with van der Waals surface area (Å²) in [6.45, 7) is 9.45. The van der Waals surface area contributed by atoms with Crippen molar-refractivity contribution in [2.45, 2.75) is 39.7 Å². The minimum atomic E-state index is -0.823. The highest BCUT2D eigenvalue weighted by Crippen LogP contribution is 2.24. The molecule has 1 N–H and O–H groups in total. The molecule has 1 atom stereocenters. The molecule has 23 heavy (non-hydrogen) atoms. The monoisotopic (exact) mass is 323 g/mol. The average Bonchev–Trinajstić information content (AvgIpc) is 2.48. The molecule has 5 nitrogen and oxygen atoms in total. The van der Waals surface area contributed by atoms with Gasteiger partial charge in [0.25, 0.3) is 5.91 Å². The third-order valence-corrected chi connectivity index (χ3v) is 3.41. The van der Waals surface area contributed by atoms with Crippen molar-refractivity contribution in [1.29, 1.82) is 0 Å². The summed E-state index contributed by atoms with van der Waals surface area (Å²) in [6, 6.07) is 7.29. The maximum atomic E-state index is 12.6. The molecule has 0 fully saturated rings. The second-order valence-electron chi connectivity index (χ2n) is 6.08. The van der Waals surface area contributed by atoms with Gasteiger partial charge in [0.05, 0.1) is 6.61 Å². The number of nitrogens with one attached hydrogen (secondary N) is 1. The van der Waals surface area contributed by atoms with E-state index in [1.54, 1.807) is 7.11 Å². The van der Waals surface area contributed by atoms with Crippen LogP contribution < -0.4 is 10.1 Å². The Balaban J connectivity index is 2.67. The Morgan fingerprint density at radius 3 is 2.39 bits per heavy atom. The molecule has 0 radical (unpaired) electrons. The zero-order valence-corrected chi connectivity index (χ0v) is 14.8. The highest BCUT2D eigenvalue weighted by molar-refractivity contribution is 5.97. The molecule has 0 bridgehead atoms. The van der Waals surface area contributed by atoms with E-state index in [1.807, 2.05) is 38.1 Å². The average molecular weight is 323 g/mol. The van der Waals surface area contributed by atoms with Gasteiger partial charge in [-0.25, -0.2) is 0 Å². The van der Waals surface area contributed by atoms with E-state index in [0.717, 1.165) is 11.4 Å². The molecule has 1 aromatic carbocycles. The zero-order chi connectivity index (χ0) is 17.3. The molecule has 0 aliphatic rings. The van der Waals surface area contributed by atoms with Crippen molar-refractivity contribution in [2.24, 2.45) is 5.92 Å². The van der Waals surface area contributed by atoms with Crippen molar-refractivity contribution < 1.29 is 19.0 Å².